The summed E-state index contributed by atoms with van der Waals surface area (Å²) in [7, 11) is 0. The molecule has 2 heterocycles. The van der Waals surface area contributed by atoms with Gasteiger partial charge in [-0.15, -0.1) is 11.3 Å². The molecule has 80 valence electrons. The smallest absolute Gasteiger partial charge is 0.130 e. The van der Waals surface area contributed by atoms with Crippen LogP contribution in [0.15, 0.2) is 28.2 Å². The minimum absolute atomic E-state index is 0.0417. The fraction of sp³-hybridized carbons (Fsp3) is 0.273. The minimum Gasteiger partial charge on any atom is -0.467 e. The molecule has 2 aromatic heterocycles. The second-order valence-corrected chi connectivity index (χ2v) is 4.48. The van der Waals surface area contributed by atoms with Crippen LogP contribution in [-0.4, -0.2) is 0 Å². The Labute approximate surface area is 92.9 Å². The van der Waals surface area contributed by atoms with Crippen molar-refractivity contribution in [3.8, 4) is 0 Å². The second-order valence-electron chi connectivity index (χ2n) is 3.54. The molecule has 1 unspecified atom stereocenters. The molecule has 0 saturated heterocycles. The van der Waals surface area contributed by atoms with Crippen LogP contribution in [0.1, 0.15) is 27.8 Å². The van der Waals surface area contributed by atoms with E-state index in [1.807, 2.05) is 13.0 Å². The number of rotatable bonds is 3. The molecule has 4 heteroatoms. The van der Waals surface area contributed by atoms with Gasteiger partial charge >= 0.3 is 0 Å². The first-order valence-corrected chi connectivity index (χ1v) is 5.66. The zero-order valence-electron chi connectivity index (χ0n) is 8.78. The monoisotopic (exact) mass is 222 g/mol. The summed E-state index contributed by atoms with van der Waals surface area (Å²) < 4.78 is 5.46. The van der Waals surface area contributed by atoms with Crippen LogP contribution in [0.25, 0.3) is 0 Å². The molecule has 0 radical (unpaired) electrons. The first-order valence-electron chi connectivity index (χ1n) is 4.78. The summed E-state index contributed by atoms with van der Waals surface area (Å²) in [5.74, 6) is 6.48. The molecule has 0 saturated carbocycles. The van der Waals surface area contributed by atoms with Crippen LogP contribution in [0.5, 0.6) is 0 Å². The maximum atomic E-state index is 5.59. The van der Waals surface area contributed by atoms with E-state index in [1.54, 1.807) is 17.6 Å². The Balaban J connectivity index is 2.41. The number of hydrogen-bond acceptors (Lipinski definition) is 4. The van der Waals surface area contributed by atoms with Crippen molar-refractivity contribution in [2.24, 2.45) is 5.84 Å². The molecule has 2 rings (SSSR count). The molecule has 0 bridgehead atoms. The minimum atomic E-state index is -0.0417. The van der Waals surface area contributed by atoms with E-state index in [-0.39, 0.29) is 6.04 Å². The third kappa shape index (κ3) is 1.84. The summed E-state index contributed by atoms with van der Waals surface area (Å²) >= 11 is 1.69. The second kappa shape index (κ2) is 4.18. The number of nitrogens with one attached hydrogen (secondary N) is 1. The highest BCUT2D eigenvalue weighted by Crippen LogP contribution is 2.30. The highest BCUT2D eigenvalue weighted by molar-refractivity contribution is 7.10. The van der Waals surface area contributed by atoms with E-state index in [1.165, 1.54) is 10.4 Å². The van der Waals surface area contributed by atoms with Gasteiger partial charge in [-0.25, -0.2) is 5.43 Å². The summed E-state index contributed by atoms with van der Waals surface area (Å²) in [4.78, 5) is 1.20. The molecule has 0 aliphatic rings. The largest absolute Gasteiger partial charge is 0.467 e. The van der Waals surface area contributed by atoms with Crippen molar-refractivity contribution in [2.75, 3.05) is 0 Å². The fourth-order valence-corrected chi connectivity index (χ4v) is 2.61. The zero-order valence-corrected chi connectivity index (χ0v) is 9.60. The normalized spacial score (nSPS) is 13.0. The maximum Gasteiger partial charge on any atom is 0.130 e. The Bertz CT molecular complexity index is 407. The van der Waals surface area contributed by atoms with E-state index < -0.39 is 0 Å². The molecule has 0 spiro atoms. The van der Waals surface area contributed by atoms with Crippen LogP contribution in [0.4, 0.5) is 0 Å². The molecule has 0 aromatic carbocycles. The zero-order chi connectivity index (χ0) is 10.8. The molecule has 15 heavy (non-hydrogen) atoms. The van der Waals surface area contributed by atoms with Gasteiger partial charge in [0.25, 0.3) is 0 Å². The van der Waals surface area contributed by atoms with Gasteiger partial charge in [0.05, 0.1) is 6.26 Å². The van der Waals surface area contributed by atoms with Crippen molar-refractivity contribution in [2.45, 2.75) is 19.9 Å². The van der Waals surface area contributed by atoms with Crippen LogP contribution in [-0.2, 0) is 0 Å². The van der Waals surface area contributed by atoms with Crippen LogP contribution >= 0.6 is 11.3 Å². The standard InChI is InChI=1S/C11H14N2OS/c1-7-3-5-14-10(7)9(13-12)11-8(2)4-6-15-11/h3-6,9,13H,12H2,1-2H3. The number of hydrogen-bond donors (Lipinski definition) is 2. The van der Waals surface area contributed by atoms with Gasteiger partial charge in [-0.05, 0) is 42.5 Å². The maximum absolute atomic E-state index is 5.59. The van der Waals surface area contributed by atoms with Gasteiger partial charge in [0.2, 0.25) is 0 Å². The highest BCUT2D eigenvalue weighted by Gasteiger charge is 2.20. The third-order valence-corrected chi connectivity index (χ3v) is 3.58. The van der Waals surface area contributed by atoms with E-state index in [9.17, 15) is 0 Å². The van der Waals surface area contributed by atoms with Gasteiger partial charge < -0.3 is 4.42 Å². The van der Waals surface area contributed by atoms with Crippen molar-refractivity contribution < 1.29 is 4.42 Å². The van der Waals surface area contributed by atoms with Crippen LogP contribution < -0.4 is 11.3 Å². The number of aryl methyl sites for hydroxylation is 2. The van der Waals surface area contributed by atoms with Gasteiger partial charge in [-0.1, -0.05) is 0 Å². The van der Waals surface area contributed by atoms with Crippen molar-refractivity contribution in [1.82, 2.24) is 5.43 Å². The first kappa shape index (κ1) is 10.4. The Morgan fingerprint density at radius 3 is 2.60 bits per heavy atom. The van der Waals surface area contributed by atoms with E-state index >= 15 is 0 Å². The fourth-order valence-electron chi connectivity index (χ4n) is 1.63. The van der Waals surface area contributed by atoms with Gasteiger partial charge in [0.1, 0.15) is 11.8 Å². The summed E-state index contributed by atoms with van der Waals surface area (Å²) in [5, 5.41) is 2.06. The van der Waals surface area contributed by atoms with E-state index in [4.69, 9.17) is 10.3 Å². The first-order chi connectivity index (χ1) is 7.24. The third-order valence-electron chi connectivity index (χ3n) is 2.49. The molecule has 3 N–H and O–H groups in total. The summed E-state index contributed by atoms with van der Waals surface area (Å²) in [6.07, 6.45) is 1.69. The summed E-state index contributed by atoms with van der Waals surface area (Å²) in [5.41, 5.74) is 5.16. The number of hydrazine groups is 1. The molecule has 0 aliphatic carbocycles. The van der Waals surface area contributed by atoms with Gasteiger partial charge in [0, 0.05) is 4.88 Å². The number of furan rings is 1. The molecular weight excluding hydrogens is 208 g/mol. The van der Waals surface area contributed by atoms with Crippen LogP contribution in [0, 0.1) is 13.8 Å². The number of thiophene rings is 1. The Hall–Kier alpha value is -1.10. The molecular formula is C11H14N2OS. The SMILES string of the molecule is Cc1ccoc1C(NN)c1sccc1C. The lowest BCUT2D eigenvalue weighted by atomic mass is 10.1. The summed E-state index contributed by atoms with van der Waals surface area (Å²) in [6.45, 7) is 4.10. The molecule has 0 aliphatic heterocycles. The average Bonchev–Trinajstić information content (AvgIpc) is 2.80. The highest BCUT2D eigenvalue weighted by atomic mass is 32.1. The van der Waals surface area contributed by atoms with Crippen molar-refractivity contribution in [3.05, 3.63) is 45.5 Å². The van der Waals surface area contributed by atoms with Gasteiger partial charge in [-0.3, -0.25) is 5.84 Å². The average molecular weight is 222 g/mol. The Kier molecular flexibility index (Phi) is 2.90. The summed E-state index contributed by atoms with van der Waals surface area (Å²) in [6, 6.07) is 3.99. The van der Waals surface area contributed by atoms with E-state index in [0.717, 1.165) is 11.3 Å². The lowest BCUT2D eigenvalue weighted by molar-refractivity contribution is 0.451. The van der Waals surface area contributed by atoms with Crippen molar-refractivity contribution in [3.63, 3.8) is 0 Å². The Morgan fingerprint density at radius 1 is 1.33 bits per heavy atom. The Morgan fingerprint density at radius 2 is 2.13 bits per heavy atom. The topological polar surface area (TPSA) is 51.2 Å². The molecule has 1 atom stereocenters. The van der Waals surface area contributed by atoms with Gasteiger partial charge in [-0.2, -0.15) is 0 Å². The van der Waals surface area contributed by atoms with Crippen molar-refractivity contribution in [1.29, 1.82) is 0 Å². The predicted molar refractivity (Wildman–Crippen MR) is 61.7 cm³/mol. The van der Waals surface area contributed by atoms with Gasteiger partial charge in [0.15, 0.2) is 0 Å². The van der Waals surface area contributed by atoms with Crippen LogP contribution in [0.2, 0.25) is 0 Å². The van der Waals surface area contributed by atoms with E-state index in [0.29, 0.717) is 0 Å². The molecule has 3 nitrogen and oxygen atoms in total. The number of nitrogens with two attached hydrogens (primary N) is 1. The lowest BCUT2D eigenvalue weighted by Crippen LogP contribution is -2.28. The van der Waals surface area contributed by atoms with Crippen molar-refractivity contribution >= 4 is 11.3 Å². The van der Waals surface area contributed by atoms with Crippen LogP contribution in [0.3, 0.4) is 0 Å². The lowest BCUT2D eigenvalue weighted by Gasteiger charge is -2.13. The molecule has 0 fully saturated rings. The van der Waals surface area contributed by atoms with E-state index in [2.05, 4.69) is 23.8 Å². The predicted octanol–water partition coefficient (Wildman–Crippen LogP) is 2.51. The quantitative estimate of drug-likeness (QED) is 0.619. The molecule has 2 aromatic rings. The molecule has 0 amide bonds.